The number of nitrogens with zero attached hydrogens (tertiary/aromatic N) is 2. The van der Waals surface area contributed by atoms with E-state index in [4.69, 9.17) is 18.9 Å². The van der Waals surface area contributed by atoms with Crippen LogP contribution in [0.25, 0.3) is 17.4 Å². The summed E-state index contributed by atoms with van der Waals surface area (Å²) in [6, 6.07) is 12.5. The maximum absolute atomic E-state index is 13.9. The number of alkyl halides is 3. The fourth-order valence-electron chi connectivity index (χ4n) is 4.85. The van der Waals surface area contributed by atoms with Crippen LogP contribution < -0.4 is 19.6 Å². The lowest BCUT2D eigenvalue weighted by Gasteiger charge is -2.26. The summed E-state index contributed by atoms with van der Waals surface area (Å²) in [5.41, 5.74) is 0.526. The molecule has 0 aliphatic carbocycles. The highest BCUT2D eigenvalue weighted by Crippen LogP contribution is 2.36. The lowest BCUT2D eigenvalue weighted by atomic mass is 9.94. The zero-order chi connectivity index (χ0) is 30.9. The number of allylic oxidation sites excluding steroid dienone is 1. The van der Waals surface area contributed by atoms with Crippen molar-refractivity contribution in [2.45, 2.75) is 38.9 Å². The number of benzene rings is 2. The maximum atomic E-state index is 13.9. The summed E-state index contributed by atoms with van der Waals surface area (Å²) in [5, 5.41) is 0. The fourth-order valence-corrected chi connectivity index (χ4v) is 6.41. The standard InChI is InChI=1S/C31H26BrF3N2O5S/c1-4-7-22-26(29(39)41-5-2)27(18-10-12-24(40-3)21(32)15-18)37-28(38)25(43-30(37)36-22)16-20-11-13-23(42-20)17-8-6-9-19(14-17)31(33,34)35/h6,8-16,27H,4-5,7H2,1-3H3/b25-16-. The van der Waals surface area contributed by atoms with Crippen LogP contribution in [0.4, 0.5) is 13.2 Å². The van der Waals surface area contributed by atoms with Crippen LogP contribution in [0, 0.1) is 0 Å². The van der Waals surface area contributed by atoms with Gasteiger partial charge in [-0.25, -0.2) is 9.79 Å². The number of ether oxygens (including phenoxy) is 2. The minimum absolute atomic E-state index is 0.151. The topological polar surface area (TPSA) is 83.0 Å². The summed E-state index contributed by atoms with van der Waals surface area (Å²) in [6.45, 7) is 3.83. The maximum Gasteiger partial charge on any atom is 0.416 e. The van der Waals surface area contributed by atoms with Gasteiger partial charge in [0.2, 0.25) is 0 Å². The monoisotopic (exact) mass is 674 g/mol. The molecule has 0 N–H and O–H groups in total. The summed E-state index contributed by atoms with van der Waals surface area (Å²) in [6.07, 6.45) is -1.77. The van der Waals surface area contributed by atoms with Crippen molar-refractivity contribution in [1.82, 2.24) is 4.57 Å². The second-order valence-corrected chi connectivity index (χ2v) is 11.5. The van der Waals surface area contributed by atoms with E-state index in [-0.39, 0.29) is 33.8 Å². The number of halogens is 4. The van der Waals surface area contributed by atoms with Crippen LogP contribution in [0.1, 0.15) is 49.6 Å². The predicted octanol–water partition coefficient (Wildman–Crippen LogP) is 6.63. The molecular formula is C31H26BrF3N2O5S. The van der Waals surface area contributed by atoms with Crippen molar-refractivity contribution in [3.05, 3.63) is 107 Å². The second kappa shape index (κ2) is 12.4. The SMILES string of the molecule is CCCC1=C(C(=O)OCC)C(c2ccc(OC)c(Br)c2)n2c(s/c(=C\c3ccc(-c4cccc(C(F)(F)F)c4)o3)c2=O)=N1. The van der Waals surface area contributed by atoms with Crippen LogP contribution in [-0.2, 0) is 15.7 Å². The molecule has 1 aliphatic heterocycles. The lowest BCUT2D eigenvalue weighted by molar-refractivity contribution is -0.139. The molecule has 7 nitrogen and oxygen atoms in total. The van der Waals surface area contributed by atoms with Gasteiger partial charge in [0, 0.05) is 11.6 Å². The Hall–Kier alpha value is -3.90. The number of rotatable bonds is 8. The number of hydrogen-bond donors (Lipinski definition) is 0. The average Bonchev–Trinajstić information content (AvgIpc) is 3.56. The van der Waals surface area contributed by atoms with Gasteiger partial charge in [0.05, 0.1) is 45.6 Å². The van der Waals surface area contributed by atoms with Crippen molar-refractivity contribution in [3.63, 3.8) is 0 Å². The van der Waals surface area contributed by atoms with Crippen LogP contribution in [0.3, 0.4) is 0 Å². The van der Waals surface area contributed by atoms with Crippen molar-refractivity contribution in [3.8, 4) is 17.1 Å². The number of hydrogen-bond acceptors (Lipinski definition) is 7. The van der Waals surface area contributed by atoms with Gasteiger partial charge in [0.15, 0.2) is 4.80 Å². The molecule has 5 rings (SSSR count). The molecule has 3 heterocycles. The van der Waals surface area contributed by atoms with Crippen LogP contribution in [0.2, 0.25) is 0 Å². The van der Waals surface area contributed by atoms with Gasteiger partial charge in [0.25, 0.3) is 5.56 Å². The summed E-state index contributed by atoms with van der Waals surface area (Å²) in [4.78, 5) is 32.4. The fraction of sp³-hybridized carbons (Fsp3) is 0.258. The third kappa shape index (κ3) is 6.12. The van der Waals surface area contributed by atoms with E-state index in [1.165, 1.54) is 22.8 Å². The molecule has 43 heavy (non-hydrogen) atoms. The molecule has 2 aromatic heterocycles. The molecule has 0 radical (unpaired) electrons. The Labute approximate surface area is 256 Å². The summed E-state index contributed by atoms with van der Waals surface area (Å²) < 4.78 is 58.7. The van der Waals surface area contributed by atoms with E-state index in [0.29, 0.717) is 39.1 Å². The predicted molar refractivity (Wildman–Crippen MR) is 159 cm³/mol. The molecule has 2 aromatic carbocycles. The number of esters is 1. The van der Waals surface area contributed by atoms with Crippen LogP contribution in [0.5, 0.6) is 5.75 Å². The summed E-state index contributed by atoms with van der Waals surface area (Å²) in [7, 11) is 1.54. The smallest absolute Gasteiger partial charge is 0.416 e. The highest BCUT2D eigenvalue weighted by Gasteiger charge is 2.35. The molecule has 1 atom stereocenters. The molecule has 4 aromatic rings. The van der Waals surface area contributed by atoms with E-state index in [1.807, 2.05) is 6.92 Å². The zero-order valence-corrected chi connectivity index (χ0v) is 25.7. The highest BCUT2D eigenvalue weighted by molar-refractivity contribution is 9.10. The van der Waals surface area contributed by atoms with E-state index in [9.17, 15) is 22.8 Å². The average molecular weight is 676 g/mol. The minimum atomic E-state index is -4.49. The Morgan fingerprint density at radius 2 is 1.95 bits per heavy atom. The number of thiazole rings is 1. The second-order valence-electron chi connectivity index (χ2n) is 9.59. The highest BCUT2D eigenvalue weighted by atomic mass is 79.9. The number of methoxy groups -OCH3 is 1. The Kier molecular flexibility index (Phi) is 8.79. The van der Waals surface area contributed by atoms with Gasteiger partial charge in [-0.3, -0.25) is 9.36 Å². The van der Waals surface area contributed by atoms with Crippen LogP contribution in [-0.4, -0.2) is 24.3 Å². The molecule has 1 unspecified atom stereocenters. The number of fused-ring (bicyclic) bond motifs is 1. The van der Waals surface area contributed by atoms with Crippen molar-refractivity contribution in [1.29, 1.82) is 0 Å². The number of carbonyl (C=O) groups is 1. The number of aromatic nitrogens is 1. The minimum Gasteiger partial charge on any atom is -0.496 e. The van der Waals surface area contributed by atoms with Gasteiger partial charge in [-0.05, 0) is 71.2 Å². The van der Waals surface area contributed by atoms with Crippen LogP contribution in [0.15, 0.2) is 84.5 Å². The third-order valence-corrected chi connectivity index (χ3v) is 8.36. The zero-order valence-electron chi connectivity index (χ0n) is 23.3. The van der Waals surface area contributed by atoms with Crippen molar-refractivity contribution in [2.24, 2.45) is 4.99 Å². The molecule has 0 fully saturated rings. The van der Waals surface area contributed by atoms with Gasteiger partial charge in [-0.1, -0.05) is 42.9 Å². The van der Waals surface area contributed by atoms with Gasteiger partial charge in [-0.15, -0.1) is 0 Å². The molecule has 224 valence electrons. The summed E-state index contributed by atoms with van der Waals surface area (Å²) >= 11 is 4.64. The van der Waals surface area contributed by atoms with Crippen molar-refractivity contribution >= 4 is 39.3 Å². The molecule has 0 spiro atoms. The Morgan fingerprint density at radius 3 is 2.63 bits per heavy atom. The van der Waals surface area contributed by atoms with Crippen molar-refractivity contribution < 1.29 is 31.9 Å². The molecule has 0 amide bonds. The molecule has 1 aliphatic rings. The van der Waals surface area contributed by atoms with Gasteiger partial charge >= 0.3 is 12.1 Å². The normalized spacial score (nSPS) is 15.3. The van der Waals surface area contributed by atoms with E-state index < -0.39 is 29.3 Å². The summed E-state index contributed by atoms with van der Waals surface area (Å²) in [5.74, 6) is 0.527. The first-order chi connectivity index (χ1) is 20.5. The molecular weight excluding hydrogens is 649 g/mol. The van der Waals surface area contributed by atoms with E-state index >= 15 is 0 Å². The number of furan rings is 1. The first-order valence-corrected chi connectivity index (χ1v) is 15.0. The number of carbonyl (C=O) groups excluding carboxylic acids is 1. The van der Waals surface area contributed by atoms with Crippen LogP contribution >= 0.6 is 27.3 Å². The quantitative estimate of drug-likeness (QED) is 0.196. The Bertz CT molecular complexity index is 1900. The lowest BCUT2D eigenvalue weighted by Crippen LogP contribution is -2.40. The van der Waals surface area contributed by atoms with Gasteiger partial charge in [0.1, 0.15) is 17.3 Å². The van der Waals surface area contributed by atoms with E-state index in [0.717, 1.165) is 23.5 Å². The van der Waals surface area contributed by atoms with Crippen molar-refractivity contribution in [2.75, 3.05) is 13.7 Å². The molecule has 12 heteroatoms. The van der Waals surface area contributed by atoms with E-state index in [1.54, 1.807) is 44.4 Å². The van der Waals surface area contributed by atoms with Gasteiger partial charge < -0.3 is 13.9 Å². The third-order valence-electron chi connectivity index (χ3n) is 6.76. The Balaban J connectivity index is 1.65. The largest absolute Gasteiger partial charge is 0.496 e. The first-order valence-electron chi connectivity index (χ1n) is 13.4. The molecule has 0 saturated carbocycles. The molecule has 0 bridgehead atoms. The molecule has 0 saturated heterocycles. The van der Waals surface area contributed by atoms with E-state index in [2.05, 4.69) is 15.9 Å². The Morgan fingerprint density at radius 1 is 1.16 bits per heavy atom. The first kappa shape index (κ1) is 30.6. The van der Waals surface area contributed by atoms with Gasteiger partial charge in [-0.2, -0.15) is 13.2 Å².